The number of morpholine rings is 1. The second kappa shape index (κ2) is 6.70. The van der Waals surface area contributed by atoms with Gasteiger partial charge in [0.1, 0.15) is 0 Å². The molecule has 0 amide bonds. The van der Waals surface area contributed by atoms with Gasteiger partial charge in [0.2, 0.25) is 0 Å². The van der Waals surface area contributed by atoms with Crippen LogP contribution in [0, 0.1) is 0 Å². The molecule has 2 fully saturated rings. The van der Waals surface area contributed by atoms with Gasteiger partial charge in [0, 0.05) is 19.1 Å². The minimum atomic E-state index is 0.471. The molecule has 20 heavy (non-hydrogen) atoms. The first-order valence-corrected chi connectivity index (χ1v) is 8.01. The fourth-order valence-corrected chi connectivity index (χ4v) is 3.70. The van der Waals surface area contributed by atoms with Gasteiger partial charge in [-0.25, -0.2) is 0 Å². The number of ether oxygens (including phenoxy) is 1. The van der Waals surface area contributed by atoms with E-state index in [-0.39, 0.29) is 0 Å². The van der Waals surface area contributed by atoms with Gasteiger partial charge in [0.05, 0.1) is 12.7 Å². The largest absolute Gasteiger partial charge is 0.375 e. The first-order chi connectivity index (χ1) is 9.88. The SMILES string of the molecule is NCCc1ccccc1CN1CCOC2CCCCC21. The molecule has 2 unspecified atom stereocenters. The molecule has 1 aliphatic heterocycles. The zero-order valence-electron chi connectivity index (χ0n) is 12.3. The van der Waals surface area contributed by atoms with Crippen molar-refractivity contribution in [1.29, 1.82) is 0 Å². The van der Waals surface area contributed by atoms with E-state index in [0.717, 1.165) is 32.7 Å². The van der Waals surface area contributed by atoms with Gasteiger partial charge in [-0.15, -0.1) is 0 Å². The molecular weight excluding hydrogens is 248 g/mol. The van der Waals surface area contributed by atoms with Crippen molar-refractivity contribution in [3.05, 3.63) is 35.4 Å². The Morgan fingerprint density at radius 3 is 2.80 bits per heavy atom. The predicted molar refractivity (Wildman–Crippen MR) is 81.6 cm³/mol. The molecule has 2 atom stereocenters. The van der Waals surface area contributed by atoms with Crippen molar-refractivity contribution in [3.63, 3.8) is 0 Å². The van der Waals surface area contributed by atoms with Gasteiger partial charge in [0.25, 0.3) is 0 Å². The summed E-state index contributed by atoms with van der Waals surface area (Å²) in [6.07, 6.45) is 6.67. The van der Waals surface area contributed by atoms with E-state index in [1.54, 1.807) is 0 Å². The van der Waals surface area contributed by atoms with Crippen LogP contribution in [0.3, 0.4) is 0 Å². The molecular formula is C17H26N2O. The lowest BCUT2D eigenvalue weighted by molar-refractivity contribution is -0.0911. The van der Waals surface area contributed by atoms with Gasteiger partial charge in [-0.05, 0) is 36.9 Å². The molecule has 1 aromatic carbocycles. The van der Waals surface area contributed by atoms with Crippen LogP contribution >= 0.6 is 0 Å². The van der Waals surface area contributed by atoms with E-state index in [1.165, 1.54) is 36.8 Å². The highest BCUT2D eigenvalue weighted by molar-refractivity contribution is 5.27. The molecule has 1 aromatic rings. The predicted octanol–water partition coefficient (Wildman–Crippen LogP) is 2.33. The standard InChI is InChI=1S/C17H26N2O/c18-10-9-14-5-1-2-6-15(14)13-19-11-12-20-17-8-4-3-7-16(17)19/h1-2,5-6,16-17H,3-4,7-13,18H2. The van der Waals surface area contributed by atoms with Crippen LogP contribution in [0.25, 0.3) is 0 Å². The van der Waals surface area contributed by atoms with Crippen LogP contribution in [0.5, 0.6) is 0 Å². The molecule has 1 saturated heterocycles. The van der Waals surface area contributed by atoms with Crippen molar-refractivity contribution in [2.24, 2.45) is 5.73 Å². The average Bonchev–Trinajstić information content (AvgIpc) is 2.50. The summed E-state index contributed by atoms with van der Waals surface area (Å²) in [4.78, 5) is 2.64. The Kier molecular flexibility index (Phi) is 4.71. The summed E-state index contributed by atoms with van der Waals surface area (Å²) in [6, 6.07) is 9.38. The number of hydrogen-bond donors (Lipinski definition) is 1. The smallest absolute Gasteiger partial charge is 0.0731 e. The topological polar surface area (TPSA) is 38.5 Å². The summed E-state index contributed by atoms with van der Waals surface area (Å²) >= 11 is 0. The molecule has 0 bridgehead atoms. The van der Waals surface area contributed by atoms with Crippen molar-refractivity contribution in [2.75, 3.05) is 19.7 Å². The summed E-state index contributed by atoms with van der Waals surface area (Å²) in [5, 5.41) is 0. The highest BCUT2D eigenvalue weighted by Gasteiger charge is 2.34. The molecule has 2 aliphatic rings. The minimum Gasteiger partial charge on any atom is -0.375 e. The quantitative estimate of drug-likeness (QED) is 0.916. The van der Waals surface area contributed by atoms with Crippen LogP contribution in [0.1, 0.15) is 36.8 Å². The van der Waals surface area contributed by atoms with E-state index in [1.807, 2.05) is 0 Å². The third-order valence-corrected chi connectivity index (χ3v) is 4.75. The second-order valence-corrected chi connectivity index (χ2v) is 6.04. The van der Waals surface area contributed by atoms with Crippen molar-refractivity contribution >= 4 is 0 Å². The number of hydrogen-bond acceptors (Lipinski definition) is 3. The van der Waals surface area contributed by atoms with Crippen molar-refractivity contribution in [3.8, 4) is 0 Å². The van der Waals surface area contributed by atoms with Gasteiger partial charge in [-0.1, -0.05) is 37.1 Å². The monoisotopic (exact) mass is 274 g/mol. The molecule has 2 N–H and O–H groups in total. The molecule has 0 radical (unpaired) electrons. The Hall–Kier alpha value is -0.900. The zero-order valence-corrected chi connectivity index (χ0v) is 12.3. The molecule has 3 rings (SSSR count). The molecule has 0 spiro atoms. The Morgan fingerprint density at radius 2 is 1.95 bits per heavy atom. The number of nitrogens with zero attached hydrogens (tertiary/aromatic N) is 1. The Morgan fingerprint density at radius 1 is 1.15 bits per heavy atom. The van der Waals surface area contributed by atoms with Crippen LogP contribution < -0.4 is 5.73 Å². The van der Waals surface area contributed by atoms with Crippen LogP contribution in [-0.2, 0) is 17.7 Å². The maximum atomic E-state index is 5.97. The van der Waals surface area contributed by atoms with Gasteiger partial charge in [0.15, 0.2) is 0 Å². The molecule has 1 heterocycles. The second-order valence-electron chi connectivity index (χ2n) is 6.04. The fraction of sp³-hybridized carbons (Fsp3) is 0.647. The van der Waals surface area contributed by atoms with E-state index in [2.05, 4.69) is 29.2 Å². The zero-order chi connectivity index (χ0) is 13.8. The molecule has 3 nitrogen and oxygen atoms in total. The van der Waals surface area contributed by atoms with E-state index in [0.29, 0.717) is 12.1 Å². The Balaban J connectivity index is 1.73. The van der Waals surface area contributed by atoms with Gasteiger partial charge in [-0.2, -0.15) is 0 Å². The number of nitrogens with two attached hydrogens (primary N) is 1. The lowest BCUT2D eigenvalue weighted by Crippen LogP contribution is -2.52. The van der Waals surface area contributed by atoms with E-state index < -0.39 is 0 Å². The number of benzene rings is 1. The molecule has 1 aliphatic carbocycles. The van der Waals surface area contributed by atoms with Crippen LogP contribution in [-0.4, -0.2) is 36.7 Å². The number of rotatable bonds is 4. The first kappa shape index (κ1) is 14.1. The minimum absolute atomic E-state index is 0.471. The van der Waals surface area contributed by atoms with Crippen LogP contribution in [0.4, 0.5) is 0 Å². The summed E-state index contributed by atoms with van der Waals surface area (Å²) in [7, 11) is 0. The van der Waals surface area contributed by atoms with Crippen LogP contribution in [0.2, 0.25) is 0 Å². The third kappa shape index (κ3) is 3.05. The highest BCUT2D eigenvalue weighted by atomic mass is 16.5. The maximum absolute atomic E-state index is 5.97. The Labute approximate surface area is 122 Å². The maximum Gasteiger partial charge on any atom is 0.0731 e. The molecule has 3 heteroatoms. The average molecular weight is 274 g/mol. The molecule has 0 aromatic heterocycles. The summed E-state index contributed by atoms with van der Waals surface area (Å²) in [6.45, 7) is 3.74. The van der Waals surface area contributed by atoms with Crippen LogP contribution in [0.15, 0.2) is 24.3 Å². The number of fused-ring (bicyclic) bond motifs is 1. The van der Waals surface area contributed by atoms with Crippen molar-refractivity contribution < 1.29 is 4.74 Å². The van der Waals surface area contributed by atoms with Gasteiger partial charge >= 0.3 is 0 Å². The molecule has 1 saturated carbocycles. The molecule has 110 valence electrons. The highest BCUT2D eigenvalue weighted by Crippen LogP contribution is 2.29. The van der Waals surface area contributed by atoms with Crippen molar-refractivity contribution in [2.45, 2.75) is 50.8 Å². The normalized spacial score (nSPS) is 27.2. The summed E-state index contributed by atoms with van der Waals surface area (Å²) in [5.41, 5.74) is 8.59. The first-order valence-electron chi connectivity index (χ1n) is 8.01. The van der Waals surface area contributed by atoms with Gasteiger partial charge < -0.3 is 10.5 Å². The fourth-order valence-electron chi connectivity index (χ4n) is 3.70. The van der Waals surface area contributed by atoms with E-state index >= 15 is 0 Å². The third-order valence-electron chi connectivity index (χ3n) is 4.75. The van der Waals surface area contributed by atoms with E-state index in [4.69, 9.17) is 10.5 Å². The lowest BCUT2D eigenvalue weighted by Gasteiger charge is -2.44. The van der Waals surface area contributed by atoms with Crippen molar-refractivity contribution in [1.82, 2.24) is 4.90 Å². The Bertz CT molecular complexity index is 433. The lowest BCUT2D eigenvalue weighted by atomic mass is 9.89. The van der Waals surface area contributed by atoms with E-state index in [9.17, 15) is 0 Å². The van der Waals surface area contributed by atoms with Gasteiger partial charge in [-0.3, -0.25) is 4.90 Å². The summed E-state index contributed by atoms with van der Waals surface area (Å²) < 4.78 is 5.97. The summed E-state index contributed by atoms with van der Waals surface area (Å²) in [5.74, 6) is 0.